The number of carbonyl (C=O) groups excluding carboxylic acids is 1. The maximum Gasteiger partial charge on any atom is 0.251 e. The van der Waals surface area contributed by atoms with Crippen LogP contribution < -0.4 is 14.8 Å². The first-order valence-corrected chi connectivity index (χ1v) is 12.6. The number of rotatable bonds is 9. The normalized spacial score (nSPS) is 14.0. The molecule has 35 heavy (non-hydrogen) atoms. The molecule has 1 fully saturated rings. The van der Waals surface area contributed by atoms with Gasteiger partial charge >= 0.3 is 0 Å². The van der Waals surface area contributed by atoms with Crippen molar-refractivity contribution in [1.29, 1.82) is 0 Å². The van der Waals surface area contributed by atoms with E-state index in [9.17, 15) is 17.6 Å². The van der Waals surface area contributed by atoms with Gasteiger partial charge in [-0.25, -0.2) is 12.8 Å². The second-order valence-corrected chi connectivity index (χ2v) is 9.97. The van der Waals surface area contributed by atoms with Crippen molar-refractivity contribution < 1.29 is 27.1 Å². The predicted molar refractivity (Wildman–Crippen MR) is 127 cm³/mol. The molecular weight excluding hydrogens is 473 g/mol. The summed E-state index contributed by atoms with van der Waals surface area (Å²) in [5.41, 5.74) is 1.77. The second-order valence-electron chi connectivity index (χ2n) is 8.07. The number of sulfonamides is 1. The fourth-order valence-electron chi connectivity index (χ4n) is 3.78. The van der Waals surface area contributed by atoms with Crippen LogP contribution in [-0.2, 0) is 23.2 Å². The van der Waals surface area contributed by atoms with Crippen LogP contribution in [0.3, 0.4) is 0 Å². The van der Waals surface area contributed by atoms with Crippen molar-refractivity contribution in [2.75, 3.05) is 20.2 Å². The Hall–Kier alpha value is -3.50. The van der Waals surface area contributed by atoms with Gasteiger partial charge in [-0.2, -0.15) is 4.31 Å². The van der Waals surface area contributed by atoms with E-state index in [0.717, 1.165) is 36.1 Å². The lowest BCUT2D eigenvalue weighted by molar-refractivity contribution is 0.0950. The SMILES string of the molecule is COc1cc(CNC(=O)c2ccc(F)c(S(=O)(=O)N3CCCC3)c2)ccc1OCc1ccncc1. The third-order valence-corrected chi connectivity index (χ3v) is 7.61. The van der Waals surface area contributed by atoms with Crippen LogP contribution in [0, 0.1) is 5.82 Å². The number of halogens is 1. The van der Waals surface area contributed by atoms with Crippen molar-refractivity contribution in [3.05, 3.63) is 83.4 Å². The summed E-state index contributed by atoms with van der Waals surface area (Å²) in [5, 5.41) is 2.74. The van der Waals surface area contributed by atoms with Gasteiger partial charge in [0.25, 0.3) is 5.91 Å². The second kappa shape index (κ2) is 10.8. The number of nitrogens with zero attached hydrogens (tertiary/aromatic N) is 2. The largest absolute Gasteiger partial charge is 0.493 e. The van der Waals surface area contributed by atoms with Crippen LogP contribution in [0.5, 0.6) is 11.5 Å². The van der Waals surface area contributed by atoms with Crippen molar-refractivity contribution in [2.45, 2.75) is 30.9 Å². The van der Waals surface area contributed by atoms with Gasteiger partial charge in [-0.15, -0.1) is 0 Å². The van der Waals surface area contributed by atoms with E-state index in [-0.39, 0.29) is 12.1 Å². The molecule has 1 N–H and O–H groups in total. The molecule has 4 rings (SSSR count). The molecule has 1 aliphatic heterocycles. The average Bonchev–Trinajstić information content (AvgIpc) is 3.43. The van der Waals surface area contributed by atoms with Crippen LogP contribution >= 0.6 is 0 Å². The van der Waals surface area contributed by atoms with E-state index in [0.29, 0.717) is 31.2 Å². The summed E-state index contributed by atoms with van der Waals surface area (Å²) in [6, 6.07) is 12.4. The van der Waals surface area contributed by atoms with Gasteiger partial charge in [0.05, 0.1) is 7.11 Å². The van der Waals surface area contributed by atoms with Crippen molar-refractivity contribution in [1.82, 2.24) is 14.6 Å². The summed E-state index contributed by atoms with van der Waals surface area (Å²) >= 11 is 0. The van der Waals surface area contributed by atoms with Crippen LogP contribution in [0.15, 0.2) is 65.8 Å². The van der Waals surface area contributed by atoms with Gasteiger partial charge in [0.2, 0.25) is 10.0 Å². The minimum Gasteiger partial charge on any atom is -0.493 e. The molecule has 1 aromatic heterocycles. The van der Waals surface area contributed by atoms with Crippen LogP contribution in [0.4, 0.5) is 4.39 Å². The Morgan fingerprint density at radius 2 is 1.77 bits per heavy atom. The third kappa shape index (κ3) is 5.77. The van der Waals surface area contributed by atoms with Crippen molar-refractivity contribution in [3.63, 3.8) is 0 Å². The summed E-state index contributed by atoms with van der Waals surface area (Å²) in [6.45, 7) is 1.21. The summed E-state index contributed by atoms with van der Waals surface area (Å²) in [7, 11) is -2.46. The molecule has 0 saturated carbocycles. The fraction of sp³-hybridized carbons (Fsp3) is 0.280. The molecule has 2 aromatic carbocycles. The third-order valence-electron chi connectivity index (χ3n) is 5.70. The van der Waals surface area contributed by atoms with Crippen LogP contribution in [-0.4, -0.2) is 43.8 Å². The Morgan fingerprint density at radius 3 is 2.49 bits per heavy atom. The van der Waals surface area contributed by atoms with E-state index < -0.39 is 26.6 Å². The van der Waals surface area contributed by atoms with Gasteiger partial charge in [0, 0.05) is 37.6 Å². The first-order chi connectivity index (χ1) is 16.9. The Labute approximate surface area is 203 Å². The van der Waals surface area contributed by atoms with E-state index in [1.807, 2.05) is 12.1 Å². The molecule has 1 amide bonds. The Bertz CT molecular complexity index is 1300. The van der Waals surface area contributed by atoms with E-state index in [1.54, 1.807) is 30.6 Å². The Balaban J connectivity index is 1.42. The van der Waals surface area contributed by atoms with E-state index >= 15 is 0 Å². The number of carbonyl (C=O) groups is 1. The smallest absolute Gasteiger partial charge is 0.251 e. The molecule has 1 saturated heterocycles. The number of benzene rings is 2. The zero-order valence-electron chi connectivity index (χ0n) is 19.2. The standard InChI is InChI=1S/C25H26FN3O5S/c1-33-23-14-19(4-7-22(23)34-17-18-8-10-27-11-9-18)16-28-25(30)20-5-6-21(26)24(15-20)35(31,32)29-12-2-3-13-29/h4-11,14-15H,2-3,12-13,16-17H2,1H3,(H,28,30). The molecule has 8 nitrogen and oxygen atoms in total. The number of amides is 1. The molecule has 0 unspecified atom stereocenters. The molecule has 0 spiro atoms. The lowest BCUT2D eigenvalue weighted by atomic mass is 10.1. The summed E-state index contributed by atoms with van der Waals surface area (Å²) in [4.78, 5) is 16.2. The number of nitrogens with one attached hydrogen (secondary N) is 1. The number of aromatic nitrogens is 1. The number of ether oxygens (including phenoxy) is 2. The first-order valence-electron chi connectivity index (χ1n) is 11.1. The highest BCUT2D eigenvalue weighted by Crippen LogP contribution is 2.29. The fourth-order valence-corrected chi connectivity index (χ4v) is 5.38. The van der Waals surface area contributed by atoms with Gasteiger partial charge in [-0.05, 0) is 66.4 Å². The molecule has 3 aromatic rings. The number of hydrogen-bond donors (Lipinski definition) is 1. The number of pyridine rings is 1. The Kier molecular flexibility index (Phi) is 7.62. The molecule has 0 radical (unpaired) electrons. The molecule has 10 heteroatoms. The number of hydrogen-bond acceptors (Lipinski definition) is 6. The molecule has 0 aliphatic carbocycles. The summed E-state index contributed by atoms with van der Waals surface area (Å²) in [6.07, 6.45) is 4.84. The van der Waals surface area contributed by atoms with E-state index in [4.69, 9.17) is 9.47 Å². The van der Waals surface area contributed by atoms with Crippen molar-refractivity contribution in [2.24, 2.45) is 0 Å². The lowest BCUT2D eigenvalue weighted by Gasteiger charge is -2.16. The first kappa shape index (κ1) is 24.6. The minimum atomic E-state index is -3.99. The lowest BCUT2D eigenvalue weighted by Crippen LogP contribution is -2.29. The maximum absolute atomic E-state index is 14.4. The zero-order chi connectivity index (χ0) is 24.8. The topological polar surface area (TPSA) is 97.8 Å². The van der Waals surface area contributed by atoms with E-state index in [1.165, 1.54) is 17.5 Å². The van der Waals surface area contributed by atoms with Gasteiger partial charge in [0.15, 0.2) is 11.5 Å². The molecule has 1 aliphatic rings. The summed E-state index contributed by atoms with van der Waals surface area (Å²) < 4.78 is 52.4. The monoisotopic (exact) mass is 499 g/mol. The van der Waals surface area contributed by atoms with Gasteiger partial charge in [-0.1, -0.05) is 6.07 Å². The molecule has 0 bridgehead atoms. The number of methoxy groups -OCH3 is 1. The molecule has 2 heterocycles. The highest BCUT2D eigenvalue weighted by molar-refractivity contribution is 7.89. The molecule has 184 valence electrons. The van der Waals surface area contributed by atoms with Crippen LogP contribution in [0.2, 0.25) is 0 Å². The summed E-state index contributed by atoms with van der Waals surface area (Å²) in [5.74, 6) is -0.332. The van der Waals surface area contributed by atoms with Gasteiger partial charge in [-0.3, -0.25) is 9.78 Å². The van der Waals surface area contributed by atoms with Crippen molar-refractivity contribution >= 4 is 15.9 Å². The highest BCUT2D eigenvalue weighted by Gasteiger charge is 2.30. The van der Waals surface area contributed by atoms with Gasteiger partial charge < -0.3 is 14.8 Å². The van der Waals surface area contributed by atoms with E-state index in [2.05, 4.69) is 10.3 Å². The highest BCUT2D eigenvalue weighted by atomic mass is 32.2. The van der Waals surface area contributed by atoms with Crippen molar-refractivity contribution in [3.8, 4) is 11.5 Å². The minimum absolute atomic E-state index is 0.0634. The average molecular weight is 500 g/mol. The van der Waals surface area contributed by atoms with Crippen LogP contribution in [0.1, 0.15) is 34.3 Å². The maximum atomic E-state index is 14.4. The predicted octanol–water partition coefficient (Wildman–Crippen LogP) is 3.52. The van der Waals surface area contributed by atoms with Gasteiger partial charge in [0.1, 0.15) is 17.3 Å². The molecular formula is C25H26FN3O5S. The Morgan fingerprint density at radius 1 is 1.03 bits per heavy atom. The quantitative estimate of drug-likeness (QED) is 0.484. The molecule has 0 atom stereocenters. The zero-order valence-corrected chi connectivity index (χ0v) is 20.1. The van der Waals surface area contributed by atoms with Crippen LogP contribution in [0.25, 0.3) is 0 Å².